The Labute approximate surface area is 101 Å². The summed E-state index contributed by atoms with van der Waals surface area (Å²) in [5.74, 6) is 0.0438. The molecule has 0 unspecified atom stereocenters. The molecule has 0 aliphatic heterocycles. The molecule has 1 nitrogen and oxygen atoms in total. The van der Waals surface area contributed by atoms with Gasteiger partial charge in [0, 0.05) is 10.4 Å². The molecule has 1 aromatic rings. The molecular weight excluding hydrogens is 378 g/mol. The lowest BCUT2D eigenvalue weighted by Gasteiger charge is -2.06. The summed E-state index contributed by atoms with van der Waals surface area (Å²) in [5, 5.41) is 0. The van der Waals surface area contributed by atoms with E-state index in [9.17, 15) is 8.78 Å². The van der Waals surface area contributed by atoms with Crippen LogP contribution >= 0.6 is 50.1 Å². The van der Waals surface area contributed by atoms with Crippen LogP contribution in [0.1, 0.15) is 17.7 Å². The van der Waals surface area contributed by atoms with E-state index in [2.05, 4.69) is 20.9 Å². The van der Waals surface area contributed by atoms with Crippen molar-refractivity contribution in [1.29, 1.82) is 0 Å². The first-order chi connectivity index (χ1) is 6.06. The summed E-state index contributed by atoms with van der Waals surface area (Å²) < 4.78 is 26.0. The molecule has 13 heavy (non-hydrogen) atoms. The van der Waals surface area contributed by atoms with Crippen LogP contribution in [0, 0.1) is 3.70 Å². The molecule has 0 fully saturated rings. The number of halogens is 5. The minimum Gasteiger partial charge on any atom is -0.239 e. The normalized spacial score (nSPS) is 10.9. The SMILES string of the molecule is FC(F)c1nc(I)c(Br)cc1CCl. The monoisotopic (exact) mass is 381 g/mol. The number of nitrogens with zero attached hydrogens (tertiary/aromatic N) is 1. The van der Waals surface area contributed by atoms with Gasteiger partial charge in [0.25, 0.3) is 6.43 Å². The van der Waals surface area contributed by atoms with E-state index >= 15 is 0 Å². The Morgan fingerprint density at radius 1 is 1.62 bits per heavy atom. The highest BCUT2D eigenvalue weighted by Crippen LogP contribution is 2.27. The predicted molar refractivity (Wildman–Crippen MR) is 59.2 cm³/mol. The fourth-order valence-electron chi connectivity index (χ4n) is 0.813. The van der Waals surface area contributed by atoms with Gasteiger partial charge in [-0.1, -0.05) is 0 Å². The molecule has 1 rings (SSSR count). The minimum absolute atomic E-state index is 0.0438. The van der Waals surface area contributed by atoms with Gasteiger partial charge in [-0.15, -0.1) is 11.6 Å². The maximum Gasteiger partial charge on any atom is 0.280 e. The zero-order chi connectivity index (χ0) is 10.0. The van der Waals surface area contributed by atoms with Crippen LogP contribution in [-0.2, 0) is 5.88 Å². The van der Waals surface area contributed by atoms with E-state index < -0.39 is 6.43 Å². The zero-order valence-corrected chi connectivity index (χ0v) is 10.7. The van der Waals surface area contributed by atoms with Crippen LogP contribution in [-0.4, -0.2) is 4.98 Å². The largest absolute Gasteiger partial charge is 0.280 e. The third kappa shape index (κ3) is 2.73. The van der Waals surface area contributed by atoms with Gasteiger partial charge >= 0.3 is 0 Å². The number of alkyl halides is 3. The van der Waals surface area contributed by atoms with Crippen molar-refractivity contribution in [1.82, 2.24) is 4.98 Å². The van der Waals surface area contributed by atoms with Crippen molar-refractivity contribution in [2.45, 2.75) is 12.3 Å². The molecular formula is C7H4BrClF2IN. The summed E-state index contributed by atoms with van der Waals surface area (Å²) in [5.41, 5.74) is 0.131. The van der Waals surface area contributed by atoms with Crippen molar-refractivity contribution in [3.8, 4) is 0 Å². The Kier molecular flexibility index (Phi) is 4.31. The van der Waals surface area contributed by atoms with Gasteiger partial charge in [-0.3, -0.25) is 0 Å². The molecule has 0 radical (unpaired) electrons. The Hall–Kier alpha value is 0.510. The average molecular weight is 382 g/mol. The number of hydrogen-bond donors (Lipinski definition) is 0. The maximum absolute atomic E-state index is 12.4. The molecule has 72 valence electrons. The van der Waals surface area contributed by atoms with Crippen LogP contribution in [0.5, 0.6) is 0 Å². The zero-order valence-electron chi connectivity index (χ0n) is 6.20. The summed E-state index contributed by atoms with van der Waals surface area (Å²) in [6.07, 6.45) is -2.57. The van der Waals surface area contributed by atoms with E-state index in [-0.39, 0.29) is 11.6 Å². The van der Waals surface area contributed by atoms with Crippen LogP contribution in [0.3, 0.4) is 0 Å². The summed E-state index contributed by atoms with van der Waals surface area (Å²) >= 11 is 10.6. The molecule has 0 spiro atoms. The van der Waals surface area contributed by atoms with Crippen molar-refractivity contribution < 1.29 is 8.78 Å². The first-order valence-electron chi connectivity index (χ1n) is 3.25. The highest BCUT2D eigenvalue weighted by Gasteiger charge is 2.16. The molecule has 1 aromatic heterocycles. The fourth-order valence-corrected chi connectivity index (χ4v) is 1.81. The minimum atomic E-state index is -2.57. The molecule has 0 N–H and O–H groups in total. The second-order valence-electron chi connectivity index (χ2n) is 2.24. The first kappa shape index (κ1) is 11.6. The number of hydrogen-bond acceptors (Lipinski definition) is 1. The maximum atomic E-state index is 12.4. The quantitative estimate of drug-likeness (QED) is 0.426. The molecule has 0 aliphatic rings. The Bertz CT molecular complexity index is 322. The second-order valence-corrected chi connectivity index (χ2v) is 4.38. The van der Waals surface area contributed by atoms with Gasteiger partial charge in [0.2, 0.25) is 0 Å². The summed E-state index contributed by atoms with van der Waals surface area (Å²) in [4.78, 5) is 3.75. The third-order valence-corrected chi connectivity index (χ3v) is 3.85. The molecule has 0 saturated carbocycles. The van der Waals surface area contributed by atoms with Crippen LogP contribution in [0.4, 0.5) is 8.78 Å². The average Bonchev–Trinajstić information content (AvgIpc) is 2.08. The van der Waals surface area contributed by atoms with Gasteiger partial charge in [0.05, 0.1) is 0 Å². The smallest absolute Gasteiger partial charge is 0.239 e. The topological polar surface area (TPSA) is 12.9 Å². The molecule has 0 saturated heterocycles. The molecule has 0 amide bonds. The van der Waals surface area contributed by atoms with Gasteiger partial charge in [-0.25, -0.2) is 13.8 Å². The lowest BCUT2D eigenvalue weighted by Crippen LogP contribution is -1.99. The van der Waals surface area contributed by atoms with E-state index in [1.807, 2.05) is 22.6 Å². The van der Waals surface area contributed by atoms with Crippen molar-refractivity contribution in [3.63, 3.8) is 0 Å². The Morgan fingerprint density at radius 2 is 2.23 bits per heavy atom. The van der Waals surface area contributed by atoms with E-state index in [1.54, 1.807) is 6.07 Å². The standard InChI is InChI=1S/C7H4BrClF2IN/c8-4-1-3(2-9)5(6(10)11)13-7(4)12/h1,6H,2H2. The summed E-state index contributed by atoms with van der Waals surface area (Å²) in [6.45, 7) is 0. The number of rotatable bonds is 2. The van der Waals surface area contributed by atoms with E-state index in [1.165, 1.54) is 0 Å². The summed E-state index contributed by atoms with van der Waals surface area (Å²) in [6, 6.07) is 1.57. The van der Waals surface area contributed by atoms with Gasteiger partial charge in [-0.05, 0) is 50.2 Å². The van der Waals surface area contributed by atoms with Crippen molar-refractivity contribution in [2.75, 3.05) is 0 Å². The highest BCUT2D eigenvalue weighted by atomic mass is 127. The van der Waals surface area contributed by atoms with Crippen LogP contribution in [0.25, 0.3) is 0 Å². The van der Waals surface area contributed by atoms with Crippen molar-refractivity contribution >= 4 is 50.1 Å². The number of pyridine rings is 1. The van der Waals surface area contributed by atoms with Crippen LogP contribution in [0.15, 0.2) is 10.5 Å². The molecule has 0 aliphatic carbocycles. The first-order valence-corrected chi connectivity index (χ1v) is 5.65. The van der Waals surface area contributed by atoms with Gasteiger partial charge in [0.1, 0.15) is 9.39 Å². The second kappa shape index (κ2) is 4.84. The third-order valence-electron chi connectivity index (χ3n) is 1.40. The molecule has 1 heterocycles. The lowest BCUT2D eigenvalue weighted by molar-refractivity contribution is 0.145. The molecule has 0 bridgehead atoms. The van der Waals surface area contributed by atoms with Crippen molar-refractivity contribution in [2.24, 2.45) is 0 Å². The van der Waals surface area contributed by atoms with Crippen LogP contribution in [0.2, 0.25) is 0 Å². The molecule has 0 aromatic carbocycles. The van der Waals surface area contributed by atoms with Crippen LogP contribution < -0.4 is 0 Å². The van der Waals surface area contributed by atoms with Crippen molar-refractivity contribution in [3.05, 3.63) is 25.5 Å². The van der Waals surface area contributed by atoms with E-state index in [0.29, 0.717) is 13.7 Å². The van der Waals surface area contributed by atoms with E-state index in [4.69, 9.17) is 11.6 Å². The Morgan fingerprint density at radius 3 is 2.69 bits per heavy atom. The van der Waals surface area contributed by atoms with Gasteiger partial charge in [0.15, 0.2) is 0 Å². The predicted octanol–water partition coefficient (Wildman–Crippen LogP) is 4.13. The lowest BCUT2D eigenvalue weighted by atomic mass is 10.2. The van der Waals surface area contributed by atoms with Gasteiger partial charge in [-0.2, -0.15) is 0 Å². The number of aromatic nitrogens is 1. The fraction of sp³-hybridized carbons (Fsp3) is 0.286. The highest BCUT2D eigenvalue weighted by molar-refractivity contribution is 14.1. The van der Waals surface area contributed by atoms with E-state index in [0.717, 1.165) is 0 Å². The molecule has 0 atom stereocenters. The van der Waals surface area contributed by atoms with Gasteiger partial charge < -0.3 is 0 Å². The molecule has 6 heteroatoms. The summed E-state index contributed by atoms with van der Waals surface area (Å²) in [7, 11) is 0. The Balaban J connectivity index is 3.25.